The molecule has 7 heteroatoms. The van der Waals surface area contributed by atoms with Gasteiger partial charge in [0.25, 0.3) is 5.91 Å². The van der Waals surface area contributed by atoms with Crippen LogP contribution >= 0.6 is 11.6 Å². The van der Waals surface area contributed by atoms with Crippen molar-refractivity contribution in [2.24, 2.45) is 5.92 Å². The Hall–Kier alpha value is -3.51. The number of benzene rings is 3. The van der Waals surface area contributed by atoms with E-state index < -0.39 is 6.04 Å². The van der Waals surface area contributed by atoms with Gasteiger partial charge in [-0.3, -0.25) is 9.59 Å². The fraction of sp³-hybridized carbons (Fsp3) is 0.310. The highest BCUT2D eigenvalue weighted by Crippen LogP contribution is 2.24. The molecule has 3 aromatic carbocycles. The summed E-state index contributed by atoms with van der Waals surface area (Å²) in [6.07, 6.45) is 0.368. The van der Waals surface area contributed by atoms with E-state index in [-0.39, 0.29) is 30.9 Å². The first-order valence-electron chi connectivity index (χ1n) is 12.0. The minimum absolute atomic E-state index is 0.207. The van der Waals surface area contributed by atoms with Crippen LogP contribution in [0.2, 0.25) is 5.02 Å². The summed E-state index contributed by atoms with van der Waals surface area (Å²) in [6.45, 7) is 4.54. The summed E-state index contributed by atoms with van der Waals surface area (Å²) < 4.78 is 11.1. The van der Waals surface area contributed by atoms with Crippen molar-refractivity contribution in [3.8, 4) is 11.5 Å². The van der Waals surface area contributed by atoms with Gasteiger partial charge in [0.1, 0.15) is 17.5 Å². The van der Waals surface area contributed by atoms with Crippen LogP contribution in [0.1, 0.15) is 25.0 Å². The summed E-state index contributed by atoms with van der Waals surface area (Å²) >= 11 is 6.21. The average Bonchev–Trinajstić information content (AvgIpc) is 2.89. The van der Waals surface area contributed by atoms with E-state index in [1.165, 1.54) is 0 Å². The normalized spacial score (nSPS) is 11.6. The smallest absolute Gasteiger partial charge is 0.261 e. The van der Waals surface area contributed by atoms with E-state index >= 15 is 0 Å². The van der Waals surface area contributed by atoms with Gasteiger partial charge in [0.15, 0.2) is 6.61 Å². The number of nitrogens with zero attached hydrogens (tertiary/aromatic N) is 1. The topological polar surface area (TPSA) is 67.9 Å². The van der Waals surface area contributed by atoms with Gasteiger partial charge in [-0.1, -0.05) is 80.0 Å². The second-order valence-corrected chi connectivity index (χ2v) is 9.34. The number of hydrogen-bond acceptors (Lipinski definition) is 4. The molecule has 0 aromatic heterocycles. The molecule has 2 amide bonds. The second kappa shape index (κ2) is 13.5. The average molecular weight is 509 g/mol. The predicted octanol–water partition coefficient (Wildman–Crippen LogP) is 5.14. The third-order valence-electron chi connectivity index (χ3n) is 5.63. The number of rotatable bonds is 12. The largest absolute Gasteiger partial charge is 0.497 e. The van der Waals surface area contributed by atoms with Crippen LogP contribution in [-0.4, -0.2) is 43.0 Å². The van der Waals surface area contributed by atoms with Gasteiger partial charge in [-0.15, -0.1) is 0 Å². The van der Waals surface area contributed by atoms with Crippen LogP contribution in [0.3, 0.4) is 0 Å². The third kappa shape index (κ3) is 8.02. The summed E-state index contributed by atoms with van der Waals surface area (Å²) in [5.41, 5.74) is 1.80. The number of carbonyl (C=O) groups excluding carboxylic acids is 2. The Balaban J connectivity index is 1.92. The molecule has 3 rings (SSSR count). The number of methoxy groups -OCH3 is 1. The van der Waals surface area contributed by atoms with Crippen molar-refractivity contribution in [1.82, 2.24) is 10.2 Å². The second-order valence-electron chi connectivity index (χ2n) is 8.94. The summed E-state index contributed by atoms with van der Waals surface area (Å²) in [5, 5.41) is 3.43. The van der Waals surface area contributed by atoms with Crippen LogP contribution in [0, 0.1) is 5.92 Å². The molecular formula is C29H33ClN2O4. The number of carbonyl (C=O) groups is 2. The Labute approximate surface area is 218 Å². The van der Waals surface area contributed by atoms with Gasteiger partial charge in [-0.2, -0.15) is 0 Å². The van der Waals surface area contributed by atoms with Crippen molar-refractivity contribution in [1.29, 1.82) is 0 Å². The van der Waals surface area contributed by atoms with Crippen LogP contribution < -0.4 is 14.8 Å². The quantitative estimate of drug-likeness (QED) is 0.368. The zero-order valence-corrected chi connectivity index (χ0v) is 21.7. The Bertz CT molecular complexity index is 1140. The molecule has 1 atom stereocenters. The lowest BCUT2D eigenvalue weighted by atomic mass is 10.0. The molecule has 36 heavy (non-hydrogen) atoms. The number of halogens is 1. The summed E-state index contributed by atoms with van der Waals surface area (Å²) in [6, 6.07) is 23.4. The minimum Gasteiger partial charge on any atom is -0.497 e. The molecule has 0 heterocycles. The van der Waals surface area contributed by atoms with E-state index in [9.17, 15) is 9.59 Å². The molecule has 0 saturated carbocycles. The van der Waals surface area contributed by atoms with E-state index in [0.717, 1.165) is 11.1 Å². The Morgan fingerprint density at radius 2 is 1.64 bits per heavy atom. The number of para-hydroxylation sites is 1. The summed E-state index contributed by atoms with van der Waals surface area (Å²) in [4.78, 5) is 28.6. The zero-order chi connectivity index (χ0) is 25.9. The molecule has 0 bridgehead atoms. The molecular weight excluding hydrogens is 476 g/mol. The number of ether oxygens (including phenoxy) is 2. The number of nitrogens with one attached hydrogen (secondary N) is 1. The lowest BCUT2D eigenvalue weighted by molar-refractivity contribution is -0.142. The Morgan fingerprint density at radius 3 is 2.33 bits per heavy atom. The number of amides is 2. The molecule has 0 saturated heterocycles. The lowest BCUT2D eigenvalue weighted by Gasteiger charge is -2.32. The van der Waals surface area contributed by atoms with Crippen molar-refractivity contribution in [2.75, 3.05) is 20.3 Å². The highest BCUT2D eigenvalue weighted by atomic mass is 35.5. The maximum atomic E-state index is 13.6. The molecule has 0 spiro atoms. The summed E-state index contributed by atoms with van der Waals surface area (Å²) in [5.74, 6) is 0.839. The fourth-order valence-corrected chi connectivity index (χ4v) is 3.92. The van der Waals surface area contributed by atoms with Gasteiger partial charge in [-0.05, 0) is 41.3 Å². The van der Waals surface area contributed by atoms with Crippen molar-refractivity contribution in [3.05, 3.63) is 95.0 Å². The molecule has 190 valence electrons. The Morgan fingerprint density at radius 1 is 0.944 bits per heavy atom. The van der Waals surface area contributed by atoms with Gasteiger partial charge in [0, 0.05) is 19.5 Å². The molecule has 0 fully saturated rings. The van der Waals surface area contributed by atoms with Crippen LogP contribution in [0.4, 0.5) is 0 Å². The fourth-order valence-electron chi connectivity index (χ4n) is 3.73. The molecule has 0 unspecified atom stereocenters. The van der Waals surface area contributed by atoms with Crippen molar-refractivity contribution in [2.45, 2.75) is 32.9 Å². The summed E-state index contributed by atoms with van der Waals surface area (Å²) in [7, 11) is 1.59. The standard InChI is InChI=1S/C29H33ClN2O4/c1-21(2)18-31-29(34)26(17-22-10-5-4-6-11-22)32(19-23-12-9-13-24(16-23)35-3)28(33)20-36-27-15-8-7-14-25(27)30/h4-16,21,26H,17-20H2,1-3H3,(H,31,34)/t26-/m0/s1. The molecule has 0 aliphatic carbocycles. The number of hydrogen-bond donors (Lipinski definition) is 1. The van der Waals surface area contributed by atoms with Crippen molar-refractivity contribution in [3.63, 3.8) is 0 Å². The highest BCUT2D eigenvalue weighted by Gasteiger charge is 2.31. The predicted molar refractivity (Wildman–Crippen MR) is 142 cm³/mol. The highest BCUT2D eigenvalue weighted by molar-refractivity contribution is 6.32. The van der Waals surface area contributed by atoms with Crippen LogP contribution in [0.5, 0.6) is 11.5 Å². The maximum Gasteiger partial charge on any atom is 0.261 e. The molecule has 0 aliphatic heterocycles. The zero-order valence-electron chi connectivity index (χ0n) is 20.9. The van der Waals surface area contributed by atoms with Crippen molar-refractivity contribution < 1.29 is 19.1 Å². The third-order valence-corrected chi connectivity index (χ3v) is 5.94. The first-order valence-corrected chi connectivity index (χ1v) is 12.4. The molecule has 0 radical (unpaired) electrons. The molecule has 6 nitrogen and oxygen atoms in total. The van der Waals surface area contributed by atoms with E-state index in [0.29, 0.717) is 29.5 Å². The van der Waals surface area contributed by atoms with Crippen LogP contribution in [0.25, 0.3) is 0 Å². The Kier molecular flexibility index (Phi) is 10.2. The van der Waals surface area contributed by atoms with Crippen molar-refractivity contribution >= 4 is 23.4 Å². The van der Waals surface area contributed by atoms with E-state index in [4.69, 9.17) is 21.1 Å². The molecule has 0 aliphatic rings. The van der Waals surface area contributed by atoms with E-state index in [2.05, 4.69) is 5.32 Å². The minimum atomic E-state index is -0.736. The molecule has 3 aromatic rings. The SMILES string of the molecule is COc1cccc(CN(C(=O)COc2ccccc2Cl)[C@@H](Cc2ccccc2)C(=O)NCC(C)C)c1. The molecule has 1 N–H and O–H groups in total. The van der Waals surface area contributed by atoms with Gasteiger partial charge >= 0.3 is 0 Å². The lowest BCUT2D eigenvalue weighted by Crippen LogP contribution is -2.52. The van der Waals surface area contributed by atoms with E-state index in [1.54, 1.807) is 36.3 Å². The van der Waals surface area contributed by atoms with Crippen LogP contribution in [0.15, 0.2) is 78.9 Å². The van der Waals surface area contributed by atoms with Gasteiger partial charge in [0.05, 0.1) is 12.1 Å². The van der Waals surface area contributed by atoms with Gasteiger partial charge in [0.2, 0.25) is 5.91 Å². The van der Waals surface area contributed by atoms with E-state index in [1.807, 2.05) is 68.4 Å². The first-order chi connectivity index (χ1) is 17.4. The van der Waals surface area contributed by atoms with Gasteiger partial charge in [-0.25, -0.2) is 0 Å². The first kappa shape index (κ1) is 27.1. The maximum absolute atomic E-state index is 13.6. The van der Waals surface area contributed by atoms with Crippen LogP contribution in [-0.2, 0) is 22.6 Å². The van der Waals surface area contributed by atoms with Gasteiger partial charge < -0.3 is 19.7 Å². The monoisotopic (exact) mass is 508 g/mol.